The predicted octanol–water partition coefficient (Wildman–Crippen LogP) is 2.11. The summed E-state index contributed by atoms with van der Waals surface area (Å²) in [4.78, 5) is 24.8. The number of amides is 1. The zero-order valence-electron chi connectivity index (χ0n) is 17.8. The third-order valence-corrected chi connectivity index (χ3v) is 5.56. The number of hydrogen-bond acceptors (Lipinski definition) is 8. The average Bonchev–Trinajstić information content (AvgIpc) is 3.26. The van der Waals surface area contributed by atoms with E-state index in [1.165, 1.54) is 7.11 Å². The zero-order valence-corrected chi connectivity index (χ0v) is 17.8. The summed E-state index contributed by atoms with van der Waals surface area (Å²) in [7, 11) is 1.31. The second-order valence-corrected chi connectivity index (χ2v) is 8.58. The van der Waals surface area contributed by atoms with Gasteiger partial charge in [0.25, 0.3) is 0 Å². The second kappa shape index (κ2) is 7.63. The normalized spacial score (nSPS) is 26.4. The number of fused-ring (bicyclic) bond motifs is 4. The highest BCUT2D eigenvalue weighted by Gasteiger charge is 2.50. The van der Waals surface area contributed by atoms with Crippen LogP contribution in [-0.2, 0) is 23.8 Å². The molecule has 164 valence electrons. The first-order valence-electron chi connectivity index (χ1n) is 10.1. The monoisotopic (exact) mass is 420 g/mol. The van der Waals surface area contributed by atoms with Crippen LogP contribution in [0.5, 0.6) is 11.5 Å². The lowest BCUT2D eigenvalue weighted by molar-refractivity contribution is -0.148. The minimum atomic E-state index is -0.795. The minimum Gasteiger partial charge on any atom is -0.467 e. The number of carbonyl (C=O) groups excluding carboxylic acids is 2. The molecule has 1 aromatic carbocycles. The van der Waals surface area contributed by atoms with E-state index in [1.54, 1.807) is 0 Å². The Morgan fingerprint density at radius 3 is 2.60 bits per heavy atom. The number of hydrogen-bond donors (Lipinski definition) is 2. The Bertz CT molecular complexity index is 854. The fourth-order valence-corrected chi connectivity index (χ4v) is 4.15. The second-order valence-electron chi connectivity index (χ2n) is 8.58. The Morgan fingerprint density at radius 2 is 1.93 bits per heavy atom. The molecule has 4 rings (SSSR count). The summed E-state index contributed by atoms with van der Waals surface area (Å²) in [5, 5.41) is 6.18. The molecule has 0 spiro atoms. The molecule has 9 nitrogen and oxygen atoms in total. The molecule has 0 radical (unpaired) electrons. The molecule has 0 saturated carbocycles. The highest BCUT2D eigenvalue weighted by molar-refractivity contribution is 5.85. The SMILES string of the molecule is COC(=O)[C@@H](NC(=O)C[C@@H]1Nc2cc3c(cc2[C@@H]2OC(C)(C)O[C@@H]12)OCO3)C(C)C. The van der Waals surface area contributed by atoms with Crippen molar-refractivity contribution in [2.24, 2.45) is 5.92 Å². The maximum Gasteiger partial charge on any atom is 0.328 e. The molecule has 30 heavy (non-hydrogen) atoms. The van der Waals surface area contributed by atoms with Crippen molar-refractivity contribution in [1.29, 1.82) is 0 Å². The van der Waals surface area contributed by atoms with E-state index in [-0.39, 0.29) is 43.3 Å². The molecule has 3 aliphatic heterocycles. The van der Waals surface area contributed by atoms with Gasteiger partial charge in [0.15, 0.2) is 17.3 Å². The van der Waals surface area contributed by atoms with E-state index in [1.807, 2.05) is 39.8 Å². The number of nitrogens with one attached hydrogen (secondary N) is 2. The molecule has 3 aliphatic rings. The van der Waals surface area contributed by atoms with Crippen LogP contribution in [0.3, 0.4) is 0 Å². The van der Waals surface area contributed by atoms with Gasteiger partial charge in [-0.3, -0.25) is 4.79 Å². The van der Waals surface area contributed by atoms with E-state index >= 15 is 0 Å². The molecule has 1 saturated heterocycles. The van der Waals surface area contributed by atoms with Crippen molar-refractivity contribution in [3.63, 3.8) is 0 Å². The van der Waals surface area contributed by atoms with Crippen LogP contribution in [0.1, 0.15) is 45.8 Å². The lowest BCUT2D eigenvalue weighted by atomic mass is 9.90. The molecule has 0 unspecified atom stereocenters. The van der Waals surface area contributed by atoms with Crippen molar-refractivity contribution in [3.8, 4) is 11.5 Å². The molecule has 1 fully saturated rings. The quantitative estimate of drug-likeness (QED) is 0.698. The summed E-state index contributed by atoms with van der Waals surface area (Å²) in [5.74, 6) is -0.321. The molecule has 3 heterocycles. The van der Waals surface area contributed by atoms with Gasteiger partial charge in [-0.25, -0.2) is 4.79 Å². The summed E-state index contributed by atoms with van der Waals surface area (Å²) in [6.07, 6.45) is -0.631. The fourth-order valence-electron chi connectivity index (χ4n) is 4.15. The van der Waals surface area contributed by atoms with Gasteiger partial charge in [0, 0.05) is 23.7 Å². The minimum absolute atomic E-state index is 0.0982. The van der Waals surface area contributed by atoms with Crippen LogP contribution in [0.2, 0.25) is 0 Å². The van der Waals surface area contributed by atoms with Gasteiger partial charge in [0.2, 0.25) is 12.7 Å². The van der Waals surface area contributed by atoms with Crippen LogP contribution >= 0.6 is 0 Å². The van der Waals surface area contributed by atoms with Crippen molar-refractivity contribution in [2.45, 2.75) is 64.2 Å². The van der Waals surface area contributed by atoms with Gasteiger partial charge < -0.3 is 34.3 Å². The number of anilines is 1. The van der Waals surface area contributed by atoms with E-state index in [4.69, 9.17) is 23.7 Å². The predicted molar refractivity (Wildman–Crippen MR) is 106 cm³/mol. The molecule has 0 aliphatic carbocycles. The van der Waals surface area contributed by atoms with Gasteiger partial charge in [0.05, 0.1) is 13.2 Å². The van der Waals surface area contributed by atoms with Crippen molar-refractivity contribution in [1.82, 2.24) is 5.32 Å². The van der Waals surface area contributed by atoms with Crippen LogP contribution in [0, 0.1) is 5.92 Å². The maximum atomic E-state index is 12.8. The first-order chi connectivity index (χ1) is 14.2. The average molecular weight is 420 g/mol. The van der Waals surface area contributed by atoms with Gasteiger partial charge >= 0.3 is 5.97 Å². The molecule has 0 aromatic heterocycles. The number of ether oxygens (including phenoxy) is 5. The Morgan fingerprint density at radius 1 is 1.23 bits per heavy atom. The van der Waals surface area contributed by atoms with Gasteiger partial charge in [-0.2, -0.15) is 0 Å². The molecular weight excluding hydrogens is 392 g/mol. The lowest BCUT2D eigenvalue weighted by Gasteiger charge is -2.35. The molecule has 2 N–H and O–H groups in total. The van der Waals surface area contributed by atoms with Gasteiger partial charge in [-0.1, -0.05) is 13.8 Å². The summed E-state index contributed by atoms with van der Waals surface area (Å²) >= 11 is 0. The van der Waals surface area contributed by atoms with Crippen molar-refractivity contribution < 1.29 is 33.3 Å². The zero-order chi connectivity index (χ0) is 21.6. The van der Waals surface area contributed by atoms with Crippen molar-refractivity contribution >= 4 is 17.6 Å². The van der Waals surface area contributed by atoms with E-state index in [9.17, 15) is 9.59 Å². The van der Waals surface area contributed by atoms with Gasteiger partial charge in [0.1, 0.15) is 18.2 Å². The Balaban J connectivity index is 1.56. The third kappa shape index (κ3) is 3.79. The van der Waals surface area contributed by atoms with Crippen LogP contribution in [0.25, 0.3) is 0 Å². The first kappa shape index (κ1) is 20.7. The third-order valence-electron chi connectivity index (χ3n) is 5.56. The van der Waals surface area contributed by atoms with Gasteiger partial charge in [-0.05, 0) is 25.8 Å². The largest absolute Gasteiger partial charge is 0.467 e. The molecule has 0 bridgehead atoms. The maximum absolute atomic E-state index is 12.8. The molecular formula is C21H28N2O7. The van der Waals surface area contributed by atoms with E-state index in [0.717, 1.165) is 11.3 Å². The molecule has 1 amide bonds. The molecule has 1 aromatic rings. The van der Waals surface area contributed by atoms with Crippen LogP contribution in [0.15, 0.2) is 12.1 Å². The number of rotatable bonds is 5. The van der Waals surface area contributed by atoms with E-state index in [2.05, 4.69) is 10.6 Å². The Hall–Kier alpha value is -2.52. The highest BCUT2D eigenvalue weighted by atomic mass is 16.8. The topological polar surface area (TPSA) is 104 Å². The van der Waals surface area contributed by atoms with E-state index < -0.39 is 17.8 Å². The smallest absolute Gasteiger partial charge is 0.328 e. The summed E-state index contributed by atoms with van der Waals surface area (Å²) < 4.78 is 28.1. The fraction of sp³-hybridized carbons (Fsp3) is 0.619. The van der Waals surface area contributed by atoms with Gasteiger partial charge in [-0.15, -0.1) is 0 Å². The Labute approximate surface area is 175 Å². The number of benzene rings is 1. The lowest BCUT2D eigenvalue weighted by Crippen LogP contribution is -2.49. The summed E-state index contributed by atoms with van der Waals surface area (Å²) in [6, 6.07) is 2.70. The highest BCUT2D eigenvalue weighted by Crippen LogP contribution is 2.50. The van der Waals surface area contributed by atoms with Crippen LogP contribution in [-0.4, -0.2) is 49.8 Å². The van der Waals surface area contributed by atoms with Crippen molar-refractivity contribution in [3.05, 3.63) is 17.7 Å². The molecule has 4 atom stereocenters. The summed E-state index contributed by atoms with van der Waals surface area (Å²) in [5.41, 5.74) is 1.72. The van der Waals surface area contributed by atoms with Crippen LogP contribution in [0.4, 0.5) is 5.69 Å². The van der Waals surface area contributed by atoms with E-state index in [0.29, 0.717) is 11.5 Å². The number of esters is 1. The van der Waals surface area contributed by atoms with Crippen molar-refractivity contribution in [2.75, 3.05) is 19.2 Å². The number of methoxy groups -OCH3 is 1. The Kier molecular flexibility index (Phi) is 5.27. The first-order valence-corrected chi connectivity index (χ1v) is 10.1. The standard InChI is InChI=1S/C21H28N2O7/c1-10(2)17(20(25)26-5)23-16(24)8-13-19-18(29-21(3,4)30-19)11-6-14-15(28-9-27-14)7-12(11)22-13/h6-7,10,13,17-19,22H,8-9H2,1-5H3,(H,23,24)/t13-,17-,18-,19-/m0/s1. The molecule has 9 heteroatoms. The summed E-state index contributed by atoms with van der Waals surface area (Å²) in [6.45, 7) is 7.58. The number of carbonyl (C=O) groups is 2. The van der Waals surface area contributed by atoms with Crippen LogP contribution < -0.4 is 20.1 Å².